The van der Waals surface area contributed by atoms with Crippen LogP contribution in [0.3, 0.4) is 0 Å². The lowest BCUT2D eigenvalue weighted by Crippen LogP contribution is -2.54. The van der Waals surface area contributed by atoms with Crippen molar-refractivity contribution in [1.29, 1.82) is 5.26 Å². The van der Waals surface area contributed by atoms with Crippen molar-refractivity contribution in [2.24, 2.45) is 0 Å². The van der Waals surface area contributed by atoms with Gasteiger partial charge in [-0.1, -0.05) is 36.4 Å². The number of anilines is 1. The predicted molar refractivity (Wildman–Crippen MR) is 125 cm³/mol. The highest BCUT2D eigenvalue weighted by Gasteiger charge is 2.37. The van der Waals surface area contributed by atoms with Gasteiger partial charge in [-0.05, 0) is 35.9 Å². The molecule has 1 saturated heterocycles. The second kappa shape index (κ2) is 8.48. The van der Waals surface area contributed by atoms with Gasteiger partial charge in [-0.3, -0.25) is 19.9 Å². The summed E-state index contributed by atoms with van der Waals surface area (Å²) in [6.45, 7) is 0.438. The van der Waals surface area contributed by atoms with Gasteiger partial charge in [-0.25, -0.2) is 9.69 Å². The number of nitrogens with zero attached hydrogens (tertiary/aromatic N) is 4. The first-order valence-electron chi connectivity index (χ1n) is 10.4. The minimum Gasteiger partial charge on any atom is -0.342 e. The molecule has 164 valence electrons. The molecule has 0 saturated carbocycles. The van der Waals surface area contributed by atoms with Crippen LogP contribution in [0.5, 0.6) is 0 Å². The molecule has 1 aliphatic heterocycles. The zero-order valence-electron chi connectivity index (χ0n) is 17.8. The molecule has 0 atom stereocenters. The number of hydrogen-bond acceptors (Lipinski definition) is 5. The Kier molecular flexibility index (Phi) is 5.20. The Morgan fingerprint density at radius 1 is 1.00 bits per heavy atom. The average Bonchev–Trinajstić information content (AvgIpc) is 3.20. The average molecular weight is 447 g/mol. The number of carbonyl (C=O) groups is 3. The van der Waals surface area contributed by atoms with Gasteiger partial charge in [0.25, 0.3) is 11.8 Å². The van der Waals surface area contributed by atoms with Gasteiger partial charge >= 0.3 is 6.03 Å². The highest BCUT2D eigenvalue weighted by atomic mass is 16.2. The van der Waals surface area contributed by atoms with E-state index in [1.54, 1.807) is 18.2 Å². The number of amides is 4. The Bertz CT molecular complexity index is 1530. The minimum absolute atomic E-state index is 0.163. The number of nitriles is 1. The molecule has 0 bridgehead atoms. The van der Waals surface area contributed by atoms with Gasteiger partial charge in [0.15, 0.2) is 0 Å². The van der Waals surface area contributed by atoms with Crippen LogP contribution in [-0.2, 0) is 16.1 Å². The van der Waals surface area contributed by atoms with Crippen LogP contribution in [0.25, 0.3) is 17.0 Å². The summed E-state index contributed by atoms with van der Waals surface area (Å²) in [6.07, 6.45) is 6.22. The summed E-state index contributed by atoms with van der Waals surface area (Å²) in [7, 11) is 0. The molecule has 1 fully saturated rings. The van der Waals surface area contributed by atoms with Gasteiger partial charge in [0, 0.05) is 35.4 Å². The smallest absolute Gasteiger partial charge is 0.336 e. The van der Waals surface area contributed by atoms with Crippen LogP contribution in [-0.4, -0.2) is 27.4 Å². The van der Waals surface area contributed by atoms with Crippen LogP contribution in [0, 0.1) is 11.3 Å². The fourth-order valence-electron chi connectivity index (χ4n) is 4.01. The van der Waals surface area contributed by atoms with Crippen LogP contribution < -0.4 is 10.2 Å². The molecule has 3 heterocycles. The molecule has 0 unspecified atom stereocenters. The third kappa shape index (κ3) is 3.61. The molecular weight excluding hydrogens is 430 g/mol. The van der Waals surface area contributed by atoms with E-state index < -0.39 is 17.8 Å². The molecule has 0 spiro atoms. The molecule has 1 N–H and O–H groups in total. The Labute approximate surface area is 194 Å². The number of pyridine rings is 1. The van der Waals surface area contributed by atoms with E-state index in [2.05, 4.69) is 16.4 Å². The first-order valence-corrected chi connectivity index (χ1v) is 10.4. The number of aromatic nitrogens is 2. The van der Waals surface area contributed by atoms with Gasteiger partial charge in [0.1, 0.15) is 5.57 Å². The van der Waals surface area contributed by atoms with E-state index in [0.717, 1.165) is 21.4 Å². The van der Waals surface area contributed by atoms with E-state index in [-0.39, 0.29) is 11.3 Å². The monoisotopic (exact) mass is 447 g/mol. The molecule has 2 aromatic heterocycles. The molecule has 0 aliphatic carbocycles. The molecule has 2 aromatic carbocycles. The molecule has 4 aromatic rings. The third-order valence-corrected chi connectivity index (χ3v) is 5.60. The van der Waals surface area contributed by atoms with Gasteiger partial charge in [-0.15, -0.1) is 0 Å². The number of imide groups is 2. The molecule has 1 aliphatic rings. The zero-order valence-corrected chi connectivity index (χ0v) is 17.8. The fourth-order valence-corrected chi connectivity index (χ4v) is 4.01. The van der Waals surface area contributed by atoms with E-state index in [9.17, 15) is 19.6 Å². The lowest BCUT2D eigenvalue weighted by Gasteiger charge is -2.25. The second-order valence-electron chi connectivity index (χ2n) is 7.67. The standard InChI is InChI=1S/C26H17N5O3/c27-13-17-6-1-2-7-18(17)15-30-16-19(21-9-3-4-10-23(21)30)12-22-24(32)29-26(34)31(25(22)33)20-8-5-11-28-14-20/h1-12,14,16H,15H2,(H,29,32,34)/b22-12+. The number of para-hydroxylation sites is 1. The van der Waals surface area contributed by atoms with E-state index >= 15 is 0 Å². The Balaban J connectivity index is 1.59. The van der Waals surface area contributed by atoms with E-state index in [0.29, 0.717) is 17.7 Å². The van der Waals surface area contributed by atoms with Crippen molar-refractivity contribution in [3.8, 4) is 6.07 Å². The Morgan fingerprint density at radius 3 is 2.59 bits per heavy atom. The van der Waals surface area contributed by atoms with Crippen LogP contribution >= 0.6 is 0 Å². The summed E-state index contributed by atoms with van der Waals surface area (Å²) in [5.41, 5.74) is 3.05. The summed E-state index contributed by atoms with van der Waals surface area (Å²) >= 11 is 0. The summed E-state index contributed by atoms with van der Waals surface area (Å²) in [4.78, 5) is 43.0. The van der Waals surface area contributed by atoms with Crippen molar-refractivity contribution in [3.63, 3.8) is 0 Å². The van der Waals surface area contributed by atoms with E-state index in [4.69, 9.17) is 0 Å². The number of barbiturate groups is 1. The van der Waals surface area contributed by atoms with Crippen LogP contribution in [0.15, 0.2) is 84.8 Å². The molecule has 0 radical (unpaired) electrons. The van der Waals surface area contributed by atoms with Gasteiger partial charge in [0.2, 0.25) is 0 Å². The maximum Gasteiger partial charge on any atom is 0.336 e. The maximum atomic E-state index is 13.2. The number of hydrogen-bond donors (Lipinski definition) is 1. The number of nitrogens with one attached hydrogen (secondary N) is 1. The Morgan fingerprint density at radius 2 is 1.79 bits per heavy atom. The number of benzene rings is 2. The van der Waals surface area contributed by atoms with Crippen LogP contribution in [0.4, 0.5) is 10.5 Å². The van der Waals surface area contributed by atoms with E-state index in [1.807, 2.05) is 53.2 Å². The minimum atomic E-state index is -0.823. The van der Waals surface area contributed by atoms with E-state index in [1.165, 1.54) is 18.5 Å². The number of fused-ring (bicyclic) bond motifs is 1. The highest BCUT2D eigenvalue weighted by molar-refractivity contribution is 6.39. The number of carbonyl (C=O) groups excluding carboxylic acids is 3. The first kappa shape index (κ1) is 20.8. The van der Waals surface area contributed by atoms with Gasteiger partial charge in [0.05, 0.1) is 23.5 Å². The zero-order chi connectivity index (χ0) is 23.7. The quantitative estimate of drug-likeness (QED) is 0.380. The largest absolute Gasteiger partial charge is 0.342 e. The molecule has 4 amide bonds. The Hall–Kier alpha value is -5.03. The number of urea groups is 1. The van der Waals surface area contributed by atoms with Gasteiger partial charge in [-0.2, -0.15) is 5.26 Å². The van der Waals surface area contributed by atoms with Crippen molar-refractivity contribution < 1.29 is 14.4 Å². The molecule has 8 nitrogen and oxygen atoms in total. The maximum absolute atomic E-state index is 13.2. The van der Waals surface area contributed by atoms with Crippen LogP contribution in [0.2, 0.25) is 0 Å². The highest BCUT2D eigenvalue weighted by Crippen LogP contribution is 2.27. The molecule has 5 rings (SSSR count). The van der Waals surface area contributed by atoms with Crippen molar-refractivity contribution in [1.82, 2.24) is 14.9 Å². The molecular formula is C26H17N5O3. The van der Waals surface area contributed by atoms with Gasteiger partial charge < -0.3 is 4.57 Å². The van der Waals surface area contributed by atoms with Crippen molar-refractivity contribution in [3.05, 3.63) is 102 Å². The number of rotatable bonds is 4. The van der Waals surface area contributed by atoms with Crippen molar-refractivity contribution >= 4 is 40.5 Å². The molecule has 8 heteroatoms. The summed E-state index contributed by atoms with van der Waals surface area (Å²) < 4.78 is 1.97. The lowest BCUT2D eigenvalue weighted by atomic mass is 10.1. The lowest BCUT2D eigenvalue weighted by molar-refractivity contribution is -0.122. The van der Waals surface area contributed by atoms with Crippen molar-refractivity contribution in [2.45, 2.75) is 6.54 Å². The summed E-state index contributed by atoms with van der Waals surface area (Å²) in [5, 5.41) is 12.5. The van der Waals surface area contributed by atoms with Crippen LogP contribution in [0.1, 0.15) is 16.7 Å². The summed E-state index contributed by atoms with van der Waals surface area (Å²) in [6, 6.07) is 19.5. The molecule has 34 heavy (non-hydrogen) atoms. The first-order chi connectivity index (χ1) is 16.6. The second-order valence-corrected chi connectivity index (χ2v) is 7.67. The van der Waals surface area contributed by atoms with Crippen molar-refractivity contribution in [2.75, 3.05) is 4.90 Å². The predicted octanol–water partition coefficient (Wildman–Crippen LogP) is 3.62. The third-order valence-electron chi connectivity index (χ3n) is 5.60. The summed E-state index contributed by atoms with van der Waals surface area (Å²) in [5.74, 6) is -1.49. The normalized spacial score (nSPS) is 15.0. The topological polar surface area (TPSA) is 108 Å². The fraction of sp³-hybridized carbons (Fsp3) is 0.0385. The SMILES string of the molecule is N#Cc1ccccc1Cn1cc(/C=C2\C(=O)NC(=O)N(c3cccnc3)C2=O)c2ccccc21.